The van der Waals surface area contributed by atoms with Crippen LogP contribution in [0, 0.1) is 5.41 Å². The largest absolute Gasteiger partial charge is 0.465 e. The predicted octanol–water partition coefficient (Wildman–Crippen LogP) is 0.893. The molecule has 1 fully saturated rings. The van der Waals surface area contributed by atoms with E-state index in [0.29, 0.717) is 19.6 Å². The summed E-state index contributed by atoms with van der Waals surface area (Å²) >= 11 is 0. The average Bonchev–Trinajstić information content (AvgIpc) is 2.11. The van der Waals surface area contributed by atoms with Gasteiger partial charge in [-0.3, -0.25) is 9.59 Å². The van der Waals surface area contributed by atoms with Crippen LogP contribution in [0.3, 0.4) is 0 Å². The topological polar surface area (TPSA) is 52.6 Å². The first-order chi connectivity index (χ1) is 6.11. The summed E-state index contributed by atoms with van der Waals surface area (Å²) in [5, 5.41) is 0. The smallest absolute Gasteiger partial charge is 0.323 e. The van der Waals surface area contributed by atoms with E-state index >= 15 is 0 Å². The zero-order valence-electron chi connectivity index (χ0n) is 7.96. The van der Waals surface area contributed by atoms with Gasteiger partial charge < -0.3 is 9.47 Å². The van der Waals surface area contributed by atoms with Gasteiger partial charge in [-0.1, -0.05) is 0 Å². The van der Waals surface area contributed by atoms with Gasteiger partial charge in [-0.15, -0.1) is 0 Å². The Hall–Kier alpha value is -1.06. The second kappa shape index (κ2) is 3.77. The summed E-state index contributed by atoms with van der Waals surface area (Å²) in [6, 6.07) is 0. The third kappa shape index (κ3) is 1.82. The first kappa shape index (κ1) is 10.0. The number of esters is 2. The van der Waals surface area contributed by atoms with Crippen molar-refractivity contribution in [2.24, 2.45) is 5.41 Å². The number of carbonyl (C=O) groups is 2. The molecule has 13 heavy (non-hydrogen) atoms. The van der Waals surface area contributed by atoms with Crippen molar-refractivity contribution in [2.75, 3.05) is 13.2 Å². The van der Waals surface area contributed by atoms with Crippen LogP contribution in [0.4, 0.5) is 0 Å². The molecule has 1 unspecified atom stereocenters. The monoisotopic (exact) mass is 186 g/mol. The van der Waals surface area contributed by atoms with Gasteiger partial charge in [0.1, 0.15) is 0 Å². The molecule has 1 heterocycles. The fraction of sp³-hybridized carbons (Fsp3) is 0.778. The maximum absolute atomic E-state index is 11.4. The van der Waals surface area contributed by atoms with Gasteiger partial charge in [0, 0.05) is 0 Å². The number of hydrogen-bond donors (Lipinski definition) is 0. The molecular weight excluding hydrogens is 172 g/mol. The standard InChI is InChI=1S/C9H14O4/c1-3-12-7(10)9(2)5-4-6-13-8(9)11/h3-6H2,1-2H3. The minimum Gasteiger partial charge on any atom is -0.465 e. The van der Waals surface area contributed by atoms with Crippen LogP contribution >= 0.6 is 0 Å². The second-order valence-electron chi connectivity index (χ2n) is 3.29. The Bertz CT molecular complexity index is 224. The molecular formula is C9H14O4. The van der Waals surface area contributed by atoms with Crippen molar-refractivity contribution < 1.29 is 19.1 Å². The minimum atomic E-state index is -1.08. The van der Waals surface area contributed by atoms with Gasteiger partial charge in [0.05, 0.1) is 13.2 Å². The molecule has 0 saturated carbocycles. The Kier molecular flexibility index (Phi) is 2.90. The summed E-state index contributed by atoms with van der Waals surface area (Å²) in [6.07, 6.45) is 1.24. The highest BCUT2D eigenvalue weighted by Crippen LogP contribution is 2.30. The molecule has 0 amide bonds. The quantitative estimate of drug-likeness (QED) is 0.474. The molecule has 4 nitrogen and oxygen atoms in total. The lowest BCUT2D eigenvalue weighted by Crippen LogP contribution is -2.42. The molecule has 1 rings (SSSR count). The summed E-state index contributed by atoms with van der Waals surface area (Å²) < 4.78 is 9.64. The second-order valence-corrected chi connectivity index (χ2v) is 3.29. The van der Waals surface area contributed by atoms with E-state index in [0.717, 1.165) is 6.42 Å². The van der Waals surface area contributed by atoms with Gasteiger partial charge in [-0.25, -0.2) is 0 Å². The van der Waals surface area contributed by atoms with Gasteiger partial charge in [0.15, 0.2) is 5.41 Å². The molecule has 0 aromatic heterocycles. The Morgan fingerprint density at radius 3 is 2.92 bits per heavy atom. The van der Waals surface area contributed by atoms with Crippen molar-refractivity contribution in [3.05, 3.63) is 0 Å². The predicted molar refractivity (Wildman–Crippen MR) is 44.9 cm³/mol. The molecule has 0 radical (unpaired) electrons. The van der Waals surface area contributed by atoms with Gasteiger partial charge in [-0.2, -0.15) is 0 Å². The fourth-order valence-electron chi connectivity index (χ4n) is 1.33. The Morgan fingerprint density at radius 2 is 2.38 bits per heavy atom. The van der Waals surface area contributed by atoms with Gasteiger partial charge in [0.25, 0.3) is 0 Å². The van der Waals surface area contributed by atoms with E-state index in [9.17, 15) is 9.59 Å². The molecule has 0 spiro atoms. The lowest BCUT2D eigenvalue weighted by atomic mass is 9.84. The lowest BCUT2D eigenvalue weighted by molar-refractivity contribution is -0.176. The van der Waals surface area contributed by atoms with Crippen molar-refractivity contribution in [1.29, 1.82) is 0 Å². The van der Waals surface area contributed by atoms with Crippen LogP contribution < -0.4 is 0 Å². The molecule has 74 valence electrons. The highest BCUT2D eigenvalue weighted by Gasteiger charge is 2.45. The zero-order chi connectivity index (χ0) is 9.90. The highest BCUT2D eigenvalue weighted by molar-refractivity contribution is 5.99. The SMILES string of the molecule is CCOC(=O)C1(C)CCCOC1=O. The minimum absolute atomic E-state index is 0.293. The highest BCUT2D eigenvalue weighted by atomic mass is 16.6. The number of rotatable bonds is 2. The molecule has 1 atom stereocenters. The molecule has 0 bridgehead atoms. The Balaban J connectivity index is 2.71. The van der Waals surface area contributed by atoms with Crippen LogP contribution in [0.1, 0.15) is 26.7 Å². The van der Waals surface area contributed by atoms with Crippen molar-refractivity contribution in [2.45, 2.75) is 26.7 Å². The van der Waals surface area contributed by atoms with Crippen LogP contribution in [-0.2, 0) is 19.1 Å². The van der Waals surface area contributed by atoms with Crippen molar-refractivity contribution in [3.8, 4) is 0 Å². The van der Waals surface area contributed by atoms with E-state index in [1.165, 1.54) is 0 Å². The first-order valence-electron chi connectivity index (χ1n) is 4.45. The molecule has 1 aliphatic heterocycles. The van der Waals surface area contributed by atoms with E-state index in [2.05, 4.69) is 0 Å². The number of hydrogen-bond acceptors (Lipinski definition) is 4. The number of cyclic esters (lactones) is 1. The molecule has 1 aliphatic rings. The Labute approximate surface area is 77.2 Å². The lowest BCUT2D eigenvalue weighted by Gasteiger charge is -2.28. The zero-order valence-corrected chi connectivity index (χ0v) is 7.96. The van der Waals surface area contributed by atoms with Crippen molar-refractivity contribution in [3.63, 3.8) is 0 Å². The van der Waals surface area contributed by atoms with E-state index in [4.69, 9.17) is 9.47 Å². The third-order valence-corrected chi connectivity index (χ3v) is 2.23. The third-order valence-electron chi connectivity index (χ3n) is 2.23. The molecule has 0 aromatic carbocycles. The molecule has 0 N–H and O–H groups in total. The average molecular weight is 186 g/mol. The van der Waals surface area contributed by atoms with Crippen LogP contribution in [-0.4, -0.2) is 25.2 Å². The maximum atomic E-state index is 11.4. The van der Waals surface area contributed by atoms with Gasteiger partial charge >= 0.3 is 11.9 Å². The number of carbonyl (C=O) groups excluding carboxylic acids is 2. The van der Waals surface area contributed by atoms with Crippen LogP contribution in [0.25, 0.3) is 0 Å². The van der Waals surface area contributed by atoms with Gasteiger partial charge in [-0.05, 0) is 26.7 Å². The molecule has 0 aromatic rings. The van der Waals surface area contributed by atoms with E-state index < -0.39 is 17.4 Å². The summed E-state index contributed by atoms with van der Waals surface area (Å²) in [6.45, 7) is 4.00. The summed E-state index contributed by atoms with van der Waals surface area (Å²) in [5.41, 5.74) is -1.08. The van der Waals surface area contributed by atoms with Crippen LogP contribution in [0.2, 0.25) is 0 Å². The number of ether oxygens (including phenoxy) is 2. The van der Waals surface area contributed by atoms with Crippen LogP contribution in [0.15, 0.2) is 0 Å². The molecule has 4 heteroatoms. The van der Waals surface area contributed by atoms with E-state index in [-0.39, 0.29) is 0 Å². The molecule has 1 saturated heterocycles. The fourth-order valence-corrected chi connectivity index (χ4v) is 1.33. The first-order valence-corrected chi connectivity index (χ1v) is 4.45. The van der Waals surface area contributed by atoms with Crippen molar-refractivity contribution >= 4 is 11.9 Å². The Morgan fingerprint density at radius 1 is 1.69 bits per heavy atom. The maximum Gasteiger partial charge on any atom is 0.323 e. The summed E-state index contributed by atoms with van der Waals surface area (Å²) in [5.74, 6) is -0.933. The van der Waals surface area contributed by atoms with Crippen molar-refractivity contribution in [1.82, 2.24) is 0 Å². The molecule has 0 aliphatic carbocycles. The van der Waals surface area contributed by atoms with E-state index in [1.54, 1.807) is 13.8 Å². The summed E-state index contributed by atoms with van der Waals surface area (Å²) in [4.78, 5) is 22.7. The van der Waals surface area contributed by atoms with E-state index in [1.807, 2.05) is 0 Å². The summed E-state index contributed by atoms with van der Waals surface area (Å²) in [7, 11) is 0. The van der Waals surface area contributed by atoms with Gasteiger partial charge in [0.2, 0.25) is 0 Å². The normalized spacial score (nSPS) is 28.0. The van der Waals surface area contributed by atoms with Crippen LogP contribution in [0.5, 0.6) is 0 Å².